The fourth-order valence-corrected chi connectivity index (χ4v) is 4.78. The number of alkyl carbamates (subject to hydrolysis) is 1. The molecule has 0 saturated carbocycles. The van der Waals surface area contributed by atoms with Crippen LogP contribution in [0.5, 0.6) is 0 Å². The molecule has 0 bridgehead atoms. The predicted octanol–water partition coefficient (Wildman–Crippen LogP) is -0.225. The van der Waals surface area contributed by atoms with Crippen molar-refractivity contribution in [2.75, 3.05) is 17.6 Å². The summed E-state index contributed by atoms with van der Waals surface area (Å²) in [5.74, 6) is -3.96. The third-order valence-corrected chi connectivity index (χ3v) is 7.27. The number of rotatable bonds is 17. The molecule has 0 radical (unpaired) electrons. The van der Waals surface area contributed by atoms with Crippen LogP contribution in [0.25, 0.3) is 0 Å². The summed E-state index contributed by atoms with van der Waals surface area (Å²) >= 11 is 0. The summed E-state index contributed by atoms with van der Waals surface area (Å²) in [7, 11) is -4.28. The summed E-state index contributed by atoms with van der Waals surface area (Å²) in [6.07, 6.45) is -0.783. The summed E-state index contributed by atoms with van der Waals surface area (Å²) in [6.45, 7) is 2.98. The summed E-state index contributed by atoms with van der Waals surface area (Å²) in [6, 6.07) is 10.1. The van der Waals surface area contributed by atoms with E-state index in [0.717, 1.165) is 0 Å². The van der Waals surface area contributed by atoms with E-state index in [9.17, 15) is 37.5 Å². The molecule has 0 fully saturated rings. The van der Waals surface area contributed by atoms with Gasteiger partial charge >= 0.3 is 12.1 Å². The molecule has 2 rings (SSSR count). The van der Waals surface area contributed by atoms with Gasteiger partial charge in [-0.3, -0.25) is 14.4 Å². The van der Waals surface area contributed by atoms with Gasteiger partial charge < -0.3 is 42.2 Å². The molecule has 2 aromatic carbocycles. The molecule has 252 valence electrons. The summed E-state index contributed by atoms with van der Waals surface area (Å²) < 4.78 is 28.8. The highest BCUT2D eigenvalue weighted by molar-refractivity contribution is 7.89. The van der Waals surface area contributed by atoms with E-state index in [-0.39, 0.29) is 32.6 Å². The number of hydrogen-bond donors (Lipinski definition) is 8. The average molecular weight is 664 g/mol. The largest absolute Gasteiger partial charge is 0.445 e. The van der Waals surface area contributed by atoms with E-state index in [2.05, 4.69) is 26.6 Å². The van der Waals surface area contributed by atoms with E-state index < -0.39 is 69.7 Å². The molecule has 0 heterocycles. The first-order chi connectivity index (χ1) is 21.7. The number of carbonyl (C=O) groups is 5. The third kappa shape index (κ3) is 13.9. The molecule has 0 aliphatic rings. The number of aliphatic hydroxyl groups excluding tert-OH is 1. The number of sulfonamides is 1. The van der Waals surface area contributed by atoms with Crippen LogP contribution in [-0.2, 0) is 42.4 Å². The minimum atomic E-state index is -4.28. The first kappa shape index (κ1) is 37.4. The molecule has 16 nitrogen and oxygen atoms in total. The number of anilines is 1. The molecular weight excluding hydrogens is 622 g/mol. The van der Waals surface area contributed by atoms with Crippen LogP contribution in [0.3, 0.4) is 0 Å². The number of carbonyl (C=O) groups excluding carboxylic acids is 5. The number of amides is 6. The first-order valence-corrected chi connectivity index (χ1v) is 16.0. The van der Waals surface area contributed by atoms with Crippen molar-refractivity contribution in [3.63, 3.8) is 0 Å². The summed E-state index contributed by atoms with van der Waals surface area (Å²) in [5, 5.41) is 26.7. The molecule has 3 atom stereocenters. The Hall–Kier alpha value is -4.74. The van der Waals surface area contributed by atoms with Crippen molar-refractivity contribution >= 4 is 45.6 Å². The Bertz CT molecular complexity index is 1440. The van der Waals surface area contributed by atoms with E-state index in [4.69, 9.17) is 15.6 Å². The Kier molecular flexibility index (Phi) is 14.9. The third-order valence-electron chi connectivity index (χ3n) is 6.47. The second-order valence-corrected chi connectivity index (χ2v) is 12.3. The lowest BCUT2D eigenvalue weighted by molar-refractivity contribution is -0.132. The van der Waals surface area contributed by atoms with Gasteiger partial charge in [-0.1, -0.05) is 56.3 Å². The first-order valence-electron chi connectivity index (χ1n) is 14.3. The van der Waals surface area contributed by atoms with Crippen molar-refractivity contribution in [2.24, 2.45) is 16.8 Å². The van der Waals surface area contributed by atoms with Gasteiger partial charge in [-0.2, -0.15) is 0 Å². The number of primary sulfonamides is 1. The number of primary amides is 1. The Morgan fingerprint density at radius 3 is 2.07 bits per heavy atom. The number of benzene rings is 2. The lowest BCUT2D eigenvalue weighted by Gasteiger charge is -2.27. The quantitative estimate of drug-likeness (QED) is 0.104. The second kappa shape index (κ2) is 18.3. The van der Waals surface area contributed by atoms with Gasteiger partial charge in [0.05, 0.1) is 12.4 Å². The van der Waals surface area contributed by atoms with Gasteiger partial charge in [0.15, 0.2) is 0 Å². The Balaban J connectivity index is 2.16. The number of urea groups is 1. The molecule has 0 saturated heterocycles. The van der Waals surface area contributed by atoms with Crippen LogP contribution in [0.4, 0.5) is 15.3 Å². The van der Waals surface area contributed by atoms with Gasteiger partial charge in [-0.15, -0.1) is 0 Å². The fraction of sp³-hybridized carbons (Fsp3) is 0.414. The maximum Gasteiger partial charge on any atom is 0.408 e. The Labute approximate surface area is 267 Å². The molecule has 0 aliphatic carbocycles. The van der Waals surface area contributed by atoms with E-state index in [0.29, 0.717) is 16.8 Å². The number of nitrogens with one attached hydrogen (secondary N) is 5. The Morgan fingerprint density at radius 2 is 1.50 bits per heavy atom. The molecule has 0 unspecified atom stereocenters. The summed E-state index contributed by atoms with van der Waals surface area (Å²) in [4.78, 5) is 63.3. The number of aliphatic hydroxyl groups is 1. The van der Waals surface area contributed by atoms with Gasteiger partial charge in [-0.25, -0.2) is 23.1 Å². The van der Waals surface area contributed by atoms with Crippen molar-refractivity contribution in [1.29, 1.82) is 0 Å². The zero-order valence-electron chi connectivity index (χ0n) is 25.5. The molecular formula is C29H41N7O9S. The minimum absolute atomic E-state index is 0.0637. The molecule has 46 heavy (non-hydrogen) atoms. The van der Waals surface area contributed by atoms with E-state index in [1.165, 1.54) is 0 Å². The van der Waals surface area contributed by atoms with Gasteiger partial charge in [0.2, 0.25) is 27.7 Å². The van der Waals surface area contributed by atoms with E-state index >= 15 is 0 Å². The second-order valence-electron chi connectivity index (χ2n) is 10.7. The highest BCUT2D eigenvalue weighted by atomic mass is 32.2. The highest BCUT2D eigenvalue weighted by Gasteiger charge is 2.33. The molecule has 0 aromatic heterocycles. The van der Waals surface area contributed by atoms with Crippen molar-refractivity contribution in [1.82, 2.24) is 21.3 Å². The van der Waals surface area contributed by atoms with Crippen LogP contribution < -0.4 is 37.5 Å². The zero-order chi connectivity index (χ0) is 34.3. The Morgan fingerprint density at radius 1 is 0.848 bits per heavy atom. The monoisotopic (exact) mass is 663 g/mol. The maximum absolute atomic E-state index is 13.4. The maximum atomic E-state index is 13.4. The van der Waals surface area contributed by atoms with Crippen molar-refractivity contribution in [3.8, 4) is 0 Å². The summed E-state index contributed by atoms with van der Waals surface area (Å²) in [5.41, 5.74) is 6.75. The van der Waals surface area contributed by atoms with Gasteiger partial charge in [0.1, 0.15) is 24.7 Å². The SMILES string of the molecule is CC(C)[C@H](NC(=O)[C@H](CS(N)(=O)=O)NC(=O)OCc1ccccc1)C(=O)N[C@@H](CCCNC(N)=O)C(=O)Nc1ccc(CO)cc1. The number of nitrogens with two attached hydrogens (primary N) is 2. The lowest BCUT2D eigenvalue weighted by atomic mass is 10.0. The van der Waals surface area contributed by atoms with Crippen molar-refractivity contribution < 1.29 is 42.2 Å². The fourth-order valence-electron chi connectivity index (χ4n) is 4.08. The van der Waals surface area contributed by atoms with Gasteiger partial charge in [-0.05, 0) is 42.0 Å². The lowest BCUT2D eigenvalue weighted by Crippen LogP contribution is -2.59. The number of hydrogen-bond acceptors (Lipinski definition) is 9. The highest BCUT2D eigenvalue weighted by Crippen LogP contribution is 2.12. The smallest absolute Gasteiger partial charge is 0.408 e. The molecule has 17 heteroatoms. The zero-order valence-corrected chi connectivity index (χ0v) is 26.3. The predicted molar refractivity (Wildman–Crippen MR) is 168 cm³/mol. The normalized spacial score (nSPS) is 13.1. The molecule has 10 N–H and O–H groups in total. The van der Waals surface area contributed by atoms with Crippen LogP contribution >= 0.6 is 0 Å². The van der Waals surface area contributed by atoms with Crippen LogP contribution in [0.1, 0.15) is 37.8 Å². The van der Waals surface area contributed by atoms with E-state index in [1.807, 2.05) is 0 Å². The van der Waals surface area contributed by atoms with Crippen LogP contribution in [0.2, 0.25) is 0 Å². The van der Waals surface area contributed by atoms with Gasteiger partial charge in [0, 0.05) is 12.2 Å². The van der Waals surface area contributed by atoms with E-state index in [1.54, 1.807) is 68.4 Å². The molecule has 0 spiro atoms. The standard InChI is InChI=1S/C29H41N7O9S/c1-18(2)24(36-26(39)23(17-46(31,43)44)35-29(42)45-16-20-7-4-3-5-8-20)27(40)34-22(9-6-14-32-28(30)41)25(38)33-21-12-10-19(15-37)11-13-21/h3-5,7-8,10-13,18,22-24,37H,6,9,14-17H2,1-2H3,(H,33,38)(H,34,40)(H,35,42)(H,36,39)(H3,30,32,41)(H2,31,43,44)/t22-,23-,24-/m0/s1. The molecule has 6 amide bonds. The van der Waals surface area contributed by atoms with Crippen molar-refractivity contribution in [3.05, 3.63) is 65.7 Å². The van der Waals surface area contributed by atoms with Crippen molar-refractivity contribution in [2.45, 2.75) is 58.0 Å². The van der Waals surface area contributed by atoms with Gasteiger partial charge in [0.25, 0.3) is 0 Å². The topological polar surface area (TPSA) is 261 Å². The molecule has 2 aromatic rings. The van der Waals surface area contributed by atoms with Crippen LogP contribution in [0, 0.1) is 5.92 Å². The number of ether oxygens (including phenoxy) is 1. The minimum Gasteiger partial charge on any atom is -0.445 e. The molecule has 0 aliphatic heterocycles. The van der Waals surface area contributed by atoms with Crippen LogP contribution in [-0.4, -0.2) is 73.8 Å². The average Bonchev–Trinajstić information content (AvgIpc) is 2.99. The van der Waals surface area contributed by atoms with Crippen LogP contribution in [0.15, 0.2) is 54.6 Å².